The molecule has 1 N–H and O–H groups in total. The van der Waals surface area contributed by atoms with Crippen molar-refractivity contribution in [2.24, 2.45) is 0 Å². The van der Waals surface area contributed by atoms with Crippen LogP contribution in [0.2, 0.25) is 0 Å². The number of hydrogen-bond acceptors (Lipinski definition) is 2. The molecule has 6 heteroatoms. The first kappa shape index (κ1) is 14.3. The van der Waals surface area contributed by atoms with Gasteiger partial charge in [0.1, 0.15) is 0 Å². The summed E-state index contributed by atoms with van der Waals surface area (Å²) in [6, 6.07) is 6.73. The van der Waals surface area contributed by atoms with E-state index in [9.17, 15) is 8.42 Å². The maximum absolute atomic E-state index is 12.2. The Morgan fingerprint density at radius 2 is 1.89 bits per heavy atom. The molecule has 2 rings (SSSR count). The SMILES string of the molecule is O=S(=O)(NC1CCC(Cl)CC1)c1cccc(Br)c1. The van der Waals surface area contributed by atoms with Crippen molar-refractivity contribution >= 4 is 37.6 Å². The van der Waals surface area contributed by atoms with Crippen molar-refractivity contribution in [2.45, 2.75) is 42.0 Å². The fourth-order valence-corrected chi connectivity index (χ4v) is 4.25. The van der Waals surface area contributed by atoms with Crippen molar-refractivity contribution in [3.63, 3.8) is 0 Å². The van der Waals surface area contributed by atoms with Crippen molar-refractivity contribution < 1.29 is 8.42 Å². The molecule has 1 aliphatic carbocycles. The van der Waals surface area contributed by atoms with E-state index in [0.29, 0.717) is 4.90 Å². The van der Waals surface area contributed by atoms with Crippen molar-refractivity contribution in [3.8, 4) is 0 Å². The fourth-order valence-electron chi connectivity index (χ4n) is 2.09. The molecule has 0 amide bonds. The summed E-state index contributed by atoms with van der Waals surface area (Å²) < 4.78 is 27.8. The molecule has 0 spiro atoms. The van der Waals surface area contributed by atoms with Crippen molar-refractivity contribution in [1.82, 2.24) is 4.72 Å². The van der Waals surface area contributed by atoms with Gasteiger partial charge in [-0.1, -0.05) is 22.0 Å². The van der Waals surface area contributed by atoms with Gasteiger partial charge in [0, 0.05) is 15.9 Å². The second kappa shape index (κ2) is 5.90. The van der Waals surface area contributed by atoms with Gasteiger partial charge in [-0.3, -0.25) is 0 Å². The number of alkyl halides is 1. The highest BCUT2D eigenvalue weighted by Gasteiger charge is 2.24. The van der Waals surface area contributed by atoms with Crippen LogP contribution in [0, 0.1) is 0 Å². The highest BCUT2D eigenvalue weighted by Crippen LogP contribution is 2.24. The lowest BCUT2D eigenvalue weighted by Gasteiger charge is -2.25. The lowest BCUT2D eigenvalue weighted by Crippen LogP contribution is -2.37. The number of hydrogen-bond donors (Lipinski definition) is 1. The van der Waals surface area contributed by atoms with Crippen molar-refractivity contribution in [3.05, 3.63) is 28.7 Å². The van der Waals surface area contributed by atoms with Gasteiger partial charge in [0.25, 0.3) is 0 Å². The van der Waals surface area contributed by atoms with Gasteiger partial charge in [-0.2, -0.15) is 0 Å². The van der Waals surface area contributed by atoms with Gasteiger partial charge in [0.05, 0.1) is 4.90 Å². The number of benzene rings is 1. The number of halogens is 2. The molecule has 1 fully saturated rings. The summed E-state index contributed by atoms with van der Waals surface area (Å²) in [6.07, 6.45) is 3.35. The molecule has 0 unspecified atom stereocenters. The lowest BCUT2D eigenvalue weighted by molar-refractivity contribution is 0.416. The zero-order valence-electron chi connectivity index (χ0n) is 9.77. The van der Waals surface area contributed by atoms with Crippen LogP contribution < -0.4 is 4.72 Å². The second-order valence-corrected chi connectivity index (χ2v) is 7.77. The van der Waals surface area contributed by atoms with E-state index in [0.717, 1.165) is 30.2 Å². The molecule has 1 saturated carbocycles. The Balaban J connectivity index is 2.08. The van der Waals surface area contributed by atoms with Gasteiger partial charge in [0.2, 0.25) is 10.0 Å². The molecule has 0 heterocycles. The van der Waals surface area contributed by atoms with Gasteiger partial charge < -0.3 is 0 Å². The Hall–Kier alpha value is -0.100. The zero-order chi connectivity index (χ0) is 13.2. The van der Waals surface area contributed by atoms with Gasteiger partial charge in [0.15, 0.2) is 0 Å². The minimum absolute atomic E-state index is 0.00369. The molecule has 1 aliphatic rings. The molecule has 0 aromatic heterocycles. The minimum atomic E-state index is -3.42. The molecular weight excluding hydrogens is 338 g/mol. The smallest absolute Gasteiger partial charge is 0.208 e. The van der Waals surface area contributed by atoms with Gasteiger partial charge in [-0.15, -0.1) is 11.6 Å². The lowest BCUT2D eigenvalue weighted by atomic mass is 9.96. The van der Waals surface area contributed by atoms with Crippen LogP contribution in [-0.4, -0.2) is 19.8 Å². The molecule has 100 valence electrons. The normalized spacial score (nSPS) is 25.0. The quantitative estimate of drug-likeness (QED) is 0.849. The van der Waals surface area contributed by atoms with Crippen LogP contribution >= 0.6 is 27.5 Å². The Bertz CT molecular complexity index is 513. The number of nitrogens with one attached hydrogen (secondary N) is 1. The van der Waals surface area contributed by atoms with Crippen LogP contribution in [0.1, 0.15) is 25.7 Å². The Kier molecular flexibility index (Phi) is 4.69. The average molecular weight is 353 g/mol. The third-order valence-electron chi connectivity index (χ3n) is 3.08. The Labute approximate surface area is 121 Å². The summed E-state index contributed by atoms with van der Waals surface area (Å²) in [4.78, 5) is 0.296. The molecule has 18 heavy (non-hydrogen) atoms. The predicted octanol–water partition coefficient (Wildman–Crippen LogP) is 3.28. The molecular formula is C12H15BrClNO2S. The van der Waals surface area contributed by atoms with E-state index in [2.05, 4.69) is 20.7 Å². The maximum Gasteiger partial charge on any atom is 0.240 e. The molecule has 0 aliphatic heterocycles. The average Bonchev–Trinajstić information content (AvgIpc) is 2.32. The summed E-state index contributed by atoms with van der Waals surface area (Å²) >= 11 is 9.29. The van der Waals surface area contributed by atoms with Crippen LogP contribution in [0.3, 0.4) is 0 Å². The summed E-state index contributed by atoms with van der Waals surface area (Å²) in [6.45, 7) is 0. The molecule has 3 nitrogen and oxygen atoms in total. The summed E-state index contributed by atoms with van der Waals surface area (Å²) in [5.41, 5.74) is 0. The third-order valence-corrected chi connectivity index (χ3v) is 5.53. The first-order valence-corrected chi connectivity index (χ1v) is 8.60. The van der Waals surface area contributed by atoms with Crippen LogP contribution in [0.15, 0.2) is 33.6 Å². The van der Waals surface area contributed by atoms with E-state index in [4.69, 9.17) is 11.6 Å². The first-order chi connectivity index (χ1) is 8.47. The highest BCUT2D eigenvalue weighted by molar-refractivity contribution is 9.10. The standard InChI is InChI=1S/C12H15BrClNO2S/c13-9-2-1-3-12(8-9)18(16,17)15-11-6-4-10(14)5-7-11/h1-3,8,10-11,15H,4-7H2. The van der Waals surface area contributed by atoms with E-state index in [1.807, 2.05) is 0 Å². The molecule has 0 radical (unpaired) electrons. The van der Waals surface area contributed by atoms with E-state index in [1.54, 1.807) is 24.3 Å². The first-order valence-electron chi connectivity index (χ1n) is 5.89. The Morgan fingerprint density at radius 1 is 1.22 bits per heavy atom. The van der Waals surface area contributed by atoms with E-state index >= 15 is 0 Å². The summed E-state index contributed by atoms with van der Waals surface area (Å²) in [7, 11) is -3.42. The molecule has 0 saturated heterocycles. The summed E-state index contributed by atoms with van der Waals surface area (Å²) in [5, 5.41) is 0.191. The van der Waals surface area contributed by atoms with Crippen molar-refractivity contribution in [2.75, 3.05) is 0 Å². The zero-order valence-corrected chi connectivity index (χ0v) is 12.9. The largest absolute Gasteiger partial charge is 0.240 e. The van der Waals surface area contributed by atoms with E-state index in [-0.39, 0.29) is 11.4 Å². The molecule has 0 atom stereocenters. The monoisotopic (exact) mass is 351 g/mol. The molecule has 1 aromatic carbocycles. The van der Waals surface area contributed by atoms with Gasteiger partial charge in [-0.25, -0.2) is 13.1 Å². The topological polar surface area (TPSA) is 46.2 Å². The van der Waals surface area contributed by atoms with Gasteiger partial charge >= 0.3 is 0 Å². The van der Waals surface area contributed by atoms with E-state index < -0.39 is 10.0 Å². The summed E-state index contributed by atoms with van der Waals surface area (Å²) in [5.74, 6) is 0. The Morgan fingerprint density at radius 3 is 2.50 bits per heavy atom. The molecule has 0 bridgehead atoms. The van der Waals surface area contributed by atoms with Crippen LogP contribution in [0.5, 0.6) is 0 Å². The third kappa shape index (κ3) is 3.70. The number of rotatable bonds is 3. The number of sulfonamides is 1. The maximum atomic E-state index is 12.2. The van der Waals surface area contributed by atoms with Crippen LogP contribution in [-0.2, 0) is 10.0 Å². The molecule has 1 aromatic rings. The van der Waals surface area contributed by atoms with Crippen molar-refractivity contribution in [1.29, 1.82) is 0 Å². The predicted molar refractivity (Wildman–Crippen MR) is 76.4 cm³/mol. The minimum Gasteiger partial charge on any atom is -0.208 e. The fraction of sp³-hybridized carbons (Fsp3) is 0.500. The van der Waals surface area contributed by atoms with E-state index in [1.165, 1.54) is 0 Å². The van der Waals surface area contributed by atoms with Gasteiger partial charge in [-0.05, 0) is 43.9 Å². The van der Waals surface area contributed by atoms with Crippen LogP contribution in [0.25, 0.3) is 0 Å². The van der Waals surface area contributed by atoms with Crippen LogP contribution in [0.4, 0.5) is 0 Å². The highest BCUT2D eigenvalue weighted by atomic mass is 79.9. The second-order valence-electron chi connectivity index (χ2n) is 4.53.